The van der Waals surface area contributed by atoms with Gasteiger partial charge in [0.25, 0.3) is 17.6 Å². The fraction of sp³-hybridized carbons (Fsp3) is 0.533. The minimum atomic E-state index is -0.408. The molecule has 8 heteroatoms. The lowest BCUT2D eigenvalue weighted by Gasteiger charge is -2.46. The molecule has 1 atom stereocenters. The molecule has 2 N–H and O–H groups in total. The largest absolute Gasteiger partial charge is 0.396 e. The number of thiophene rings is 1. The molecule has 0 aliphatic heterocycles. The predicted octanol–water partition coefficient (Wildman–Crippen LogP) is 1.91. The summed E-state index contributed by atoms with van der Waals surface area (Å²) in [7, 11) is 1.51. The number of nitrogens with one attached hydrogen (secondary N) is 1. The number of carbonyl (C=O) groups is 1. The molecule has 0 saturated heterocycles. The number of aliphatic hydroxyl groups excluding tert-OH is 1. The topological polar surface area (TPSA) is 97.5 Å². The van der Waals surface area contributed by atoms with Crippen LogP contribution in [-0.2, 0) is 11.3 Å². The minimum Gasteiger partial charge on any atom is -0.396 e. The zero-order chi connectivity index (χ0) is 16.3. The van der Waals surface area contributed by atoms with Crippen LogP contribution < -0.4 is 5.32 Å². The summed E-state index contributed by atoms with van der Waals surface area (Å²) in [5, 5.41) is 18.5. The van der Waals surface area contributed by atoms with Crippen LogP contribution in [0.4, 0.5) is 0 Å². The fourth-order valence-corrected chi connectivity index (χ4v) is 3.79. The van der Waals surface area contributed by atoms with E-state index in [1.807, 2.05) is 17.5 Å². The Morgan fingerprint density at radius 1 is 1.61 bits per heavy atom. The molecule has 2 aromatic heterocycles. The molecule has 2 heterocycles. The van der Waals surface area contributed by atoms with Gasteiger partial charge < -0.3 is 19.7 Å². The Labute approximate surface area is 137 Å². The maximum absolute atomic E-state index is 12.5. The number of ether oxygens (including phenoxy) is 1. The number of nitrogens with zero attached hydrogens (tertiary/aromatic N) is 2. The molecule has 23 heavy (non-hydrogen) atoms. The third-order valence-corrected chi connectivity index (χ3v) is 5.26. The van der Waals surface area contributed by atoms with Crippen molar-refractivity contribution in [2.75, 3.05) is 13.7 Å². The molecule has 0 aromatic carbocycles. The Kier molecular flexibility index (Phi) is 4.74. The highest BCUT2D eigenvalue weighted by Crippen LogP contribution is 2.50. The van der Waals surface area contributed by atoms with Gasteiger partial charge in [-0.15, -0.1) is 11.3 Å². The summed E-state index contributed by atoms with van der Waals surface area (Å²) >= 11 is 1.56. The Morgan fingerprint density at radius 3 is 3.00 bits per heavy atom. The number of aliphatic hydroxyl groups is 1. The van der Waals surface area contributed by atoms with E-state index in [1.54, 1.807) is 11.3 Å². The Hall–Kier alpha value is -1.77. The molecule has 2 aromatic rings. The Morgan fingerprint density at radius 2 is 2.43 bits per heavy atom. The highest BCUT2D eigenvalue weighted by atomic mass is 32.1. The minimum absolute atomic E-state index is 0.0222. The third kappa shape index (κ3) is 3.15. The lowest BCUT2D eigenvalue weighted by molar-refractivity contribution is 0.00691. The van der Waals surface area contributed by atoms with Crippen molar-refractivity contribution in [1.29, 1.82) is 0 Å². The number of methoxy groups -OCH3 is 1. The van der Waals surface area contributed by atoms with E-state index in [4.69, 9.17) is 9.26 Å². The first kappa shape index (κ1) is 16.1. The summed E-state index contributed by atoms with van der Waals surface area (Å²) in [4.78, 5) is 17.5. The van der Waals surface area contributed by atoms with Crippen LogP contribution in [0, 0.1) is 5.41 Å². The van der Waals surface area contributed by atoms with Crippen LogP contribution in [0.2, 0.25) is 0 Å². The van der Waals surface area contributed by atoms with Crippen molar-refractivity contribution in [1.82, 2.24) is 15.5 Å². The van der Waals surface area contributed by atoms with Gasteiger partial charge in [-0.3, -0.25) is 4.79 Å². The SMILES string of the molecule is COCc1nc(C(=O)NC(c2cccs2)C2(CO)CCC2)no1. The smallest absolute Gasteiger partial charge is 0.293 e. The fourth-order valence-electron chi connectivity index (χ4n) is 2.88. The number of amides is 1. The number of rotatable bonds is 7. The van der Waals surface area contributed by atoms with Crippen molar-refractivity contribution >= 4 is 17.2 Å². The maximum Gasteiger partial charge on any atom is 0.293 e. The van der Waals surface area contributed by atoms with Gasteiger partial charge in [0.1, 0.15) is 6.61 Å². The molecule has 0 spiro atoms. The second-order valence-corrected chi connectivity index (χ2v) is 6.72. The molecule has 3 rings (SSSR count). The molecule has 1 amide bonds. The molecule has 0 bridgehead atoms. The van der Waals surface area contributed by atoms with E-state index in [0.29, 0.717) is 0 Å². The molecule has 0 radical (unpaired) electrons. The van der Waals surface area contributed by atoms with Gasteiger partial charge in [0.2, 0.25) is 0 Å². The molecule has 1 aliphatic carbocycles. The van der Waals surface area contributed by atoms with Gasteiger partial charge in [-0.1, -0.05) is 17.6 Å². The highest BCUT2D eigenvalue weighted by molar-refractivity contribution is 7.10. The average Bonchev–Trinajstić information content (AvgIpc) is 3.17. The van der Waals surface area contributed by atoms with Crippen molar-refractivity contribution in [3.8, 4) is 0 Å². The van der Waals surface area contributed by atoms with Crippen LogP contribution in [0.5, 0.6) is 0 Å². The molecular weight excluding hydrogens is 318 g/mol. The third-order valence-electron chi connectivity index (χ3n) is 4.32. The standard InChI is InChI=1S/C15H19N3O4S/c1-21-8-11-16-13(18-22-11)14(20)17-12(10-4-2-7-23-10)15(9-19)5-3-6-15/h2,4,7,12,19H,3,5-6,8-9H2,1H3,(H,17,20). The highest BCUT2D eigenvalue weighted by Gasteiger charge is 2.45. The molecule has 1 aliphatic rings. The van der Waals surface area contributed by atoms with E-state index in [2.05, 4.69) is 15.5 Å². The van der Waals surface area contributed by atoms with Crippen LogP contribution in [0.3, 0.4) is 0 Å². The van der Waals surface area contributed by atoms with Crippen LogP contribution >= 0.6 is 11.3 Å². The number of carbonyl (C=O) groups excluding carboxylic acids is 1. The first-order valence-electron chi connectivity index (χ1n) is 7.45. The van der Waals surface area contributed by atoms with Gasteiger partial charge in [-0.05, 0) is 24.3 Å². The van der Waals surface area contributed by atoms with Crippen LogP contribution in [0.1, 0.15) is 46.7 Å². The van der Waals surface area contributed by atoms with Crippen LogP contribution in [0.15, 0.2) is 22.0 Å². The lowest BCUT2D eigenvalue weighted by atomic mass is 9.64. The Balaban J connectivity index is 1.79. The first-order chi connectivity index (χ1) is 11.2. The van der Waals surface area contributed by atoms with Crippen molar-refractivity contribution in [2.24, 2.45) is 5.41 Å². The number of hydrogen-bond acceptors (Lipinski definition) is 7. The summed E-state index contributed by atoms with van der Waals surface area (Å²) in [6.45, 7) is 0.201. The lowest BCUT2D eigenvalue weighted by Crippen LogP contribution is -2.47. The second-order valence-electron chi connectivity index (χ2n) is 5.74. The number of aromatic nitrogens is 2. The molecule has 124 valence electrons. The van der Waals surface area contributed by atoms with E-state index >= 15 is 0 Å². The van der Waals surface area contributed by atoms with E-state index in [0.717, 1.165) is 24.1 Å². The first-order valence-corrected chi connectivity index (χ1v) is 8.33. The summed E-state index contributed by atoms with van der Waals surface area (Å²) in [6.07, 6.45) is 2.82. The summed E-state index contributed by atoms with van der Waals surface area (Å²) in [5.41, 5.74) is -0.306. The molecule has 1 unspecified atom stereocenters. The van der Waals surface area contributed by atoms with E-state index in [-0.39, 0.29) is 36.4 Å². The zero-order valence-corrected chi connectivity index (χ0v) is 13.6. The van der Waals surface area contributed by atoms with E-state index < -0.39 is 5.91 Å². The summed E-state index contributed by atoms with van der Waals surface area (Å²) in [6, 6.07) is 3.66. The van der Waals surface area contributed by atoms with Crippen molar-refractivity contribution in [2.45, 2.75) is 31.9 Å². The van der Waals surface area contributed by atoms with E-state index in [9.17, 15) is 9.90 Å². The number of hydrogen-bond donors (Lipinski definition) is 2. The summed E-state index contributed by atoms with van der Waals surface area (Å²) < 4.78 is 9.86. The monoisotopic (exact) mass is 337 g/mol. The van der Waals surface area contributed by atoms with Gasteiger partial charge in [-0.2, -0.15) is 4.98 Å². The van der Waals surface area contributed by atoms with Crippen LogP contribution in [-0.4, -0.2) is 34.9 Å². The molecule has 1 fully saturated rings. The van der Waals surface area contributed by atoms with Gasteiger partial charge >= 0.3 is 0 Å². The van der Waals surface area contributed by atoms with Crippen LogP contribution in [0.25, 0.3) is 0 Å². The van der Waals surface area contributed by atoms with Crippen molar-refractivity contribution in [3.05, 3.63) is 34.1 Å². The van der Waals surface area contributed by atoms with Crippen molar-refractivity contribution < 1.29 is 19.2 Å². The van der Waals surface area contributed by atoms with Crippen molar-refractivity contribution in [3.63, 3.8) is 0 Å². The molecular formula is C15H19N3O4S. The summed E-state index contributed by atoms with van der Waals surface area (Å²) in [5.74, 6) is -0.175. The second kappa shape index (κ2) is 6.77. The van der Waals surface area contributed by atoms with Gasteiger partial charge in [0, 0.05) is 17.4 Å². The molecule has 1 saturated carbocycles. The Bertz CT molecular complexity index is 646. The maximum atomic E-state index is 12.5. The van der Waals surface area contributed by atoms with E-state index in [1.165, 1.54) is 7.11 Å². The average molecular weight is 337 g/mol. The predicted molar refractivity (Wildman–Crippen MR) is 82.9 cm³/mol. The zero-order valence-electron chi connectivity index (χ0n) is 12.8. The van der Waals surface area contributed by atoms with Gasteiger partial charge in [-0.25, -0.2) is 0 Å². The quantitative estimate of drug-likeness (QED) is 0.801. The van der Waals surface area contributed by atoms with Gasteiger partial charge in [0.15, 0.2) is 0 Å². The normalized spacial score (nSPS) is 17.5. The van der Waals surface area contributed by atoms with Gasteiger partial charge in [0.05, 0.1) is 12.6 Å². The molecule has 7 nitrogen and oxygen atoms in total.